The van der Waals surface area contributed by atoms with Crippen LogP contribution in [-0.2, 0) is 0 Å². The first-order valence-corrected chi connectivity index (χ1v) is 10.2. The molecule has 5 rings (SSSR count). The molecule has 3 aromatic carbocycles. The zero-order valence-electron chi connectivity index (χ0n) is 15.5. The Morgan fingerprint density at radius 2 is 1.14 bits per heavy atom. The van der Waals surface area contributed by atoms with Crippen LogP contribution in [0.4, 0.5) is 11.4 Å². The van der Waals surface area contributed by atoms with Crippen molar-refractivity contribution >= 4 is 35.0 Å². The highest BCUT2D eigenvalue weighted by Crippen LogP contribution is 2.47. The minimum Gasteiger partial charge on any atom is -0.389 e. The fraction of sp³-hybridized carbons (Fsp3) is 0.130. The Balaban J connectivity index is 1.40. The Hall–Kier alpha value is -3.09. The molecule has 1 unspecified atom stereocenters. The second kappa shape index (κ2) is 7.06. The lowest BCUT2D eigenvalue weighted by molar-refractivity contribution is 0.0553. The third kappa shape index (κ3) is 3.01. The van der Waals surface area contributed by atoms with Gasteiger partial charge in [-0.3, -0.25) is 14.5 Å². The summed E-state index contributed by atoms with van der Waals surface area (Å²) in [5, 5.41) is 10.8. The maximum Gasteiger partial charge on any atom is 0.261 e. The van der Waals surface area contributed by atoms with E-state index >= 15 is 0 Å². The van der Waals surface area contributed by atoms with Crippen LogP contribution in [-0.4, -0.2) is 41.0 Å². The van der Waals surface area contributed by atoms with Gasteiger partial charge in [0.05, 0.1) is 41.7 Å². The molecule has 0 bridgehead atoms. The van der Waals surface area contributed by atoms with Gasteiger partial charge in [-0.15, -0.1) is 0 Å². The Kier molecular flexibility index (Phi) is 4.38. The third-order valence-corrected chi connectivity index (χ3v) is 6.33. The number of para-hydroxylation sites is 2. The van der Waals surface area contributed by atoms with Gasteiger partial charge in [-0.05, 0) is 36.4 Å². The predicted octanol–water partition coefficient (Wildman–Crippen LogP) is 3.95. The summed E-state index contributed by atoms with van der Waals surface area (Å²) in [6.07, 6.45) is -0.888. The minimum atomic E-state index is -0.888. The standard InChI is InChI=1S/C23H18N2O3S/c26-15(14-25-22(27)16-7-1-2-8-17(16)23(25)28)13-24-18-9-3-5-11-20(18)29-21-12-6-4-10-19(21)24/h1-12,15,26H,13-14H2. The van der Waals surface area contributed by atoms with Gasteiger partial charge in [0.2, 0.25) is 0 Å². The van der Waals surface area contributed by atoms with E-state index in [9.17, 15) is 14.7 Å². The lowest BCUT2D eigenvalue weighted by Gasteiger charge is -2.34. The molecule has 2 aliphatic heterocycles. The molecule has 0 aliphatic carbocycles. The second-order valence-electron chi connectivity index (χ2n) is 7.07. The lowest BCUT2D eigenvalue weighted by atomic mass is 10.1. The average molecular weight is 402 g/mol. The highest BCUT2D eigenvalue weighted by Gasteiger charge is 2.36. The number of carbonyl (C=O) groups excluding carboxylic acids is 2. The molecule has 1 atom stereocenters. The van der Waals surface area contributed by atoms with Crippen molar-refractivity contribution in [2.75, 3.05) is 18.0 Å². The Labute approximate surface area is 172 Å². The summed E-state index contributed by atoms with van der Waals surface area (Å²) in [6, 6.07) is 22.9. The van der Waals surface area contributed by atoms with Crippen LogP contribution in [0.5, 0.6) is 0 Å². The van der Waals surface area contributed by atoms with Crippen molar-refractivity contribution in [1.82, 2.24) is 4.90 Å². The van der Waals surface area contributed by atoms with Crippen LogP contribution in [0.25, 0.3) is 0 Å². The SMILES string of the molecule is O=C1c2ccccc2C(=O)N1CC(O)CN1c2ccccc2Sc2ccccc21. The summed E-state index contributed by atoms with van der Waals surface area (Å²) in [5.74, 6) is -0.695. The van der Waals surface area contributed by atoms with E-state index in [2.05, 4.69) is 17.0 Å². The Morgan fingerprint density at radius 3 is 1.69 bits per heavy atom. The van der Waals surface area contributed by atoms with Crippen LogP contribution in [0.2, 0.25) is 0 Å². The van der Waals surface area contributed by atoms with E-state index in [0.717, 1.165) is 26.1 Å². The van der Waals surface area contributed by atoms with Crippen LogP contribution < -0.4 is 4.90 Å². The predicted molar refractivity (Wildman–Crippen MR) is 112 cm³/mol. The number of benzene rings is 3. The van der Waals surface area contributed by atoms with Gasteiger partial charge >= 0.3 is 0 Å². The number of aliphatic hydroxyl groups is 1. The van der Waals surface area contributed by atoms with Gasteiger partial charge in [0.15, 0.2) is 0 Å². The first-order chi connectivity index (χ1) is 14.1. The van der Waals surface area contributed by atoms with E-state index in [4.69, 9.17) is 0 Å². The Morgan fingerprint density at radius 1 is 0.690 bits per heavy atom. The molecule has 144 valence electrons. The van der Waals surface area contributed by atoms with Crippen molar-refractivity contribution < 1.29 is 14.7 Å². The van der Waals surface area contributed by atoms with Crippen molar-refractivity contribution in [3.05, 3.63) is 83.9 Å². The van der Waals surface area contributed by atoms with Crippen LogP contribution >= 0.6 is 11.8 Å². The molecular weight excluding hydrogens is 384 g/mol. The topological polar surface area (TPSA) is 60.9 Å². The quantitative estimate of drug-likeness (QED) is 0.670. The number of imide groups is 1. The van der Waals surface area contributed by atoms with Gasteiger partial charge in [-0.25, -0.2) is 0 Å². The molecule has 0 saturated heterocycles. The fourth-order valence-corrected chi connectivity index (χ4v) is 4.96. The van der Waals surface area contributed by atoms with Gasteiger partial charge < -0.3 is 10.0 Å². The summed E-state index contributed by atoms with van der Waals surface area (Å²) >= 11 is 1.70. The van der Waals surface area contributed by atoms with E-state index in [1.165, 1.54) is 0 Å². The number of nitrogens with zero attached hydrogens (tertiary/aromatic N) is 2. The van der Waals surface area contributed by atoms with E-state index in [1.807, 2.05) is 36.4 Å². The summed E-state index contributed by atoms with van der Waals surface area (Å²) in [5.41, 5.74) is 2.82. The highest BCUT2D eigenvalue weighted by atomic mass is 32.2. The molecule has 2 heterocycles. The van der Waals surface area contributed by atoms with Crippen molar-refractivity contribution in [2.45, 2.75) is 15.9 Å². The largest absolute Gasteiger partial charge is 0.389 e. The number of anilines is 2. The molecule has 29 heavy (non-hydrogen) atoms. The molecule has 1 N–H and O–H groups in total. The number of β-amino-alcohol motifs (C(OH)–C–C–N with tert-alkyl or cyclic N) is 1. The molecule has 0 saturated carbocycles. The molecule has 6 heteroatoms. The molecule has 0 spiro atoms. The fourth-order valence-electron chi connectivity index (χ4n) is 3.86. The zero-order valence-corrected chi connectivity index (χ0v) is 16.3. The molecule has 2 amide bonds. The maximum absolute atomic E-state index is 12.6. The first-order valence-electron chi connectivity index (χ1n) is 9.40. The van der Waals surface area contributed by atoms with E-state index in [0.29, 0.717) is 11.1 Å². The maximum atomic E-state index is 12.6. The first kappa shape index (κ1) is 18.0. The number of hydrogen-bond donors (Lipinski definition) is 1. The number of hydrogen-bond acceptors (Lipinski definition) is 5. The normalized spacial score (nSPS) is 15.8. The van der Waals surface area contributed by atoms with E-state index in [1.54, 1.807) is 36.0 Å². The summed E-state index contributed by atoms with van der Waals surface area (Å²) in [4.78, 5) is 30.6. The summed E-state index contributed by atoms with van der Waals surface area (Å²) < 4.78 is 0. The molecule has 3 aromatic rings. The van der Waals surface area contributed by atoms with Gasteiger partial charge in [0.1, 0.15) is 0 Å². The molecule has 0 fully saturated rings. The number of fused-ring (bicyclic) bond motifs is 3. The average Bonchev–Trinajstić information content (AvgIpc) is 2.99. The summed E-state index contributed by atoms with van der Waals surface area (Å²) in [6.45, 7) is 0.238. The highest BCUT2D eigenvalue weighted by molar-refractivity contribution is 7.99. The molecule has 0 aromatic heterocycles. The van der Waals surface area contributed by atoms with Crippen molar-refractivity contribution in [2.24, 2.45) is 0 Å². The number of carbonyl (C=O) groups is 2. The summed E-state index contributed by atoms with van der Waals surface area (Å²) in [7, 11) is 0. The van der Waals surface area contributed by atoms with Gasteiger partial charge in [0.25, 0.3) is 11.8 Å². The molecule has 0 radical (unpaired) electrons. The third-order valence-electron chi connectivity index (χ3n) is 5.20. The molecular formula is C23H18N2O3S. The van der Waals surface area contributed by atoms with Crippen molar-refractivity contribution in [1.29, 1.82) is 0 Å². The number of aliphatic hydroxyl groups excluding tert-OH is 1. The zero-order chi connectivity index (χ0) is 20.0. The van der Waals surface area contributed by atoms with Crippen LogP contribution in [0.1, 0.15) is 20.7 Å². The Bertz CT molecular complexity index is 1050. The number of rotatable bonds is 4. The molecule has 2 aliphatic rings. The monoisotopic (exact) mass is 402 g/mol. The second-order valence-corrected chi connectivity index (χ2v) is 8.15. The van der Waals surface area contributed by atoms with E-state index in [-0.39, 0.29) is 24.9 Å². The van der Waals surface area contributed by atoms with Crippen LogP contribution in [0, 0.1) is 0 Å². The minimum absolute atomic E-state index is 0.0413. The van der Waals surface area contributed by atoms with Crippen LogP contribution in [0.15, 0.2) is 82.6 Å². The van der Waals surface area contributed by atoms with Crippen LogP contribution in [0.3, 0.4) is 0 Å². The van der Waals surface area contributed by atoms with Crippen molar-refractivity contribution in [3.63, 3.8) is 0 Å². The smallest absolute Gasteiger partial charge is 0.261 e. The van der Waals surface area contributed by atoms with Gasteiger partial charge in [0, 0.05) is 9.79 Å². The van der Waals surface area contributed by atoms with Gasteiger partial charge in [-0.1, -0.05) is 48.2 Å². The number of amides is 2. The van der Waals surface area contributed by atoms with Crippen molar-refractivity contribution in [3.8, 4) is 0 Å². The van der Waals surface area contributed by atoms with E-state index < -0.39 is 6.10 Å². The lowest BCUT2D eigenvalue weighted by Crippen LogP contribution is -2.42. The van der Waals surface area contributed by atoms with Gasteiger partial charge in [-0.2, -0.15) is 0 Å². The molecule has 5 nitrogen and oxygen atoms in total.